The summed E-state index contributed by atoms with van der Waals surface area (Å²) in [6.45, 7) is 0.875. The molecule has 102 valence electrons. The second-order valence-corrected chi connectivity index (χ2v) is 6.44. The molecule has 0 atom stereocenters. The van der Waals surface area contributed by atoms with Crippen LogP contribution in [0.1, 0.15) is 11.1 Å². The molecule has 0 aliphatic carbocycles. The first-order valence-corrected chi connectivity index (χ1v) is 7.64. The van der Waals surface area contributed by atoms with Gasteiger partial charge in [-0.1, -0.05) is 0 Å². The first-order chi connectivity index (χ1) is 8.07. The van der Waals surface area contributed by atoms with Crippen molar-refractivity contribution in [3.63, 3.8) is 0 Å². The molecule has 0 unspecified atom stereocenters. The number of benzene rings is 1. The summed E-state index contributed by atoms with van der Waals surface area (Å²) in [6.07, 6.45) is -0.329. The zero-order chi connectivity index (χ0) is 14.1. The lowest BCUT2D eigenvalue weighted by Gasteiger charge is -2.11. The van der Waals surface area contributed by atoms with E-state index in [1.54, 1.807) is 0 Å². The van der Waals surface area contributed by atoms with Crippen LogP contribution in [0.15, 0.2) is 21.9 Å². The van der Waals surface area contributed by atoms with Crippen LogP contribution >= 0.6 is 0 Å². The van der Waals surface area contributed by atoms with Crippen LogP contribution in [0.4, 0.5) is 0 Å². The Morgan fingerprint density at radius 1 is 1.00 bits per heavy atom. The minimum Gasteiger partial charge on any atom is -0.396 e. The van der Waals surface area contributed by atoms with Crippen molar-refractivity contribution in [1.82, 2.24) is 0 Å². The standard InChI is InChI=1S/C9H12O7S2/c1-6-4-8(17(11,12)13)7(2-3-10)9(5-6)18(14,15)16/h4-5,10H,2-3H2,1H3,(H,11,12,13)(H,14,15,16). The molecule has 18 heavy (non-hydrogen) atoms. The third kappa shape index (κ3) is 3.27. The molecule has 0 saturated heterocycles. The summed E-state index contributed by atoms with van der Waals surface area (Å²) in [5, 5.41) is 8.82. The number of aliphatic hydroxyl groups is 1. The van der Waals surface area contributed by atoms with Gasteiger partial charge in [0.05, 0.1) is 9.79 Å². The predicted octanol–water partition coefficient (Wildman–Crippen LogP) is 0.0232. The van der Waals surface area contributed by atoms with E-state index in [0.29, 0.717) is 0 Å². The van der Waals surface area contributed by atoms with Crippen molar-refractivity contribution in [2.75, 3.05) is 6.61 Å². The Hall–Kier alpha value is -1.00. The molecule has 3 N–H and O–H groups in total. The van der Waals surface area contributed by atoms with Gasteiger partial charge < -0.3 is 5.11 Å². The third-order valence-electron chi connectivity index (χ3n) is 2.23. The second-order valence-electron chi connectivity index (χ2n) is 3.66. The zero-order valence-electron chi connectivity index (χ0n) is 9.36. The molecule has 0 spiro atoms. The van der Waals surface area contributed by atoms with E-state index in [2.05, 4.69) is 0 Å². The molecule has 0 heterocycles. The fourth-order valence-corrected chi connectivity index (χ4v) is 3.35. The zero-order valence-corrected chi connectivity index (χ0v) is 11.0. The van der Waals surface area contributed by atoms with Crippen molar-refractivity contribution >= 4 is 20.2 Å². The molecular formula is C9H12O7S2. The Balaban J connectivity index is 3.79. The van der Waals surface area contributed by atoms with Crippen molar-refractivity contribution in [3.05, 3.63) is 23.3 Å². The maximum atomic E-state index is 11.2. The lowest BCUT2D eigenvalue weighted by molar-refractivity contribution is 0.297. The van der Waals surface area contributed by atoms with Gasteiger partial charge in [-0.05, 0) is 36.6 Å². The highest BCUT2D eigenvalue weighted by molar-refractivity contribution is 7.86. The van der Waals surface area contributed by atoms with Crippen LogP contribution in [0.25, 0.3) is 0 Å². The summed E-state index contributed by atoms with van der Waals surface area (Å²) in [5.41, 5.74) is -0.106. The quantitative estimate of drug-likeness (QED) is 0.668. The molecule has 0 radical (unpaired) electrons. The summed E-state index contributed by atoms with van der Waals surface area (Å²) in [6, 6.07) is 2.13. The van der Waals surface area contributed by atoms with Gasteiger partial charge in [-0.3, -0.25) is 9.11 Å². The molecule has 1 rings (SSSR count). The van der Waals surface area contributed by atoms with E-state index in [9.17, 15) is 16.8 Å². The average Bonchev–Trinajstić information content (AvgIpc) is 2.17. The number of rotatable bonds is 4. The van der Waals surface area contributed by atoms with Crippen LogP contribution in [-0.2, 0) is 26.7 Å². The molecule has 0 aliphatic rings. The van der Waals surface area contributed by atoms with Gasteiger partial charge >= 0.3 is 0 Å². The molecule has 0 saturated carbocycles. The summed E-state index contributed by atoms with van der Waals surface area (Å²) in [5.74, 6) is 0. The van der Waals surface area contributed by atoms with Crippen molar-refractivity contribution in [2.45, 2.75) is 23.1 Å². The SMILES string of the molecule is Cc1cc(S(=O)(=O)O)c(CCO)c(S(=O)(=O)O)c1. The maximum absolute atomic E-state index is 11.2. The van der Waals surface area contributed by atoms with E-state index in [1.807, 2.05) is 0 Å². The van der Waals surface area contributed by atoms with Crippen molar-refractivity contribution in [3.8, 4) is 0 Å². The molecule has 0 amide bonds. The van der Waals surface area contributed by atoms with Gasteiger partial charge in [0.25, 0.3) is 20.2 Å². The van der Waals surface area contributed by atoms with Crippen LogP contribution in [0.5, 0.6) is 0 Å². The minimum absolute atomic E-state index is 0.233. The highest BCUT2D eigenvalue weighted by Gasteiger charge is 2.24. The first-order valence-electron chi connectivity index (χ1n) is 4.76. The fourth-order valence-electron chi connectivity index (χ4n) is 1.57. The number of aryl methyl sites for hydroxylation is 1. The second kappa shape index (κ2) is 4.94. The summed E-state index contributed by atoms with van der Waals surface area (Å²) in [7, 11) is -9.30. The van der Waals surface area contributed by atoms with Gasteiger partial charge in [0, 0.05) is 6.61 Å². The normalized spacial score (nSPS) is 12.7. The maximum Gasteiger partial charge on any atom is 0.294 e. The van der Waals surface area contributed by atoms with E-state index in [1.165, 1.54) is 6.92 Å². The van der Waals surface area contributed by atoms with E-state index in [-0.39, 0.29) is 17.5 Å². The van der Waals surface area contributed by atoms with Gasteiger partial charge in [-0.2, -0.15) is 16.8 Å². The highest BCUT2D eigenvalue weighted by atomic mass is 32.2. The third-order valence-corrected chi connectivity index (χ3v) is 4.07. The van der Waals surface area contributed by atoms with E-state index >= 15 is 0 Å². The van der Waals surface area contributed by atoms with E-state index < -0.39 is 36.6 Å². The summed E-state index contributed by atoms with van der Waals surface area (Å²) in [4.78, 5) is -1.27. The number of hydrogen-bond donors (Lipinski definition) is 3. The number of hydrogen-bond acceptors (Lipinski definition) is 5. The monoisotopic (exact) mass is 296 g/mol. The van der Waals surface area contributed by atoms with Gasteiger partial charge in [0.1, 0.15) is 0 Å². The topological polar surface area (TPSA) is 129 Å². The largest absolute Gasteiger partial charge is 0.396 e. The minimum atomic E-state index is -4.65. The molecular weight excluding hydrogens is 284 g/mol. The Labute approximate surface area is 105 Å². The fraction of sp³-hybridized carbons (Fsp3) is 0.333. The lowest BCUT2D eigenvalue weighted by atomic mass is 10.1. The van der Waals surface area contributed by atoms with Gasteiger partial charge in [-0.15, -0.1) is 0 Å². The summed E-state index contributed by atoms with van der Waals surface area (Å²) >= 11 is 0. The Kier molecular flexibility index (Phi) is 4.13. The first kappa shape index (κ1) is 15.1. The van der Waals surface area contributed by atoms with E-state index in [0.717, 1.165) is 12.1 Å². The Bertz CT molecular complexity index is 605. The van der Waals surface area contributed by atoms with Gasteiger partial charge in [0.15, 0.2) is 0 Å². The van der Waals surface area contributed by atoms with Crippen LogP contribution in [0, 0.1) is 6.92 Å². The van der Waals surface area contributed by atoms with Crippen LogP contribution in [0.2, 0.25) is 0 Å². The molecule has 0 aliphatic heterocycles. The Morgan fingerprint density at radius 2 is 1.39 bits per heavy atom. The molecule has 9 heteroatoms. The molecule has 0 aromatic heterocycles. The Morgan fingerprint density at radius 3 is 1.67 bits per heavy atom. The molecule has 1 aromatic carbocycles. The molecule has 1 aromatic rings. The lowest BCUT2D eigenvalue weighted by Crippen LogP contribution is -2.12. The van der Waals surface area contributed by atoms with Crippen molar-refractivity contribution in [1.29, 1.82) is 0 Å². The predicted molar refractivity (Wildman–Crippen MR) is 61.6 cm³/mol. The average molecular weight is 296 g/mol. The van der Waals surface area contributed by atoms with Crippen LogP contribution in [0.3, 0.4) is 0 Å². The van der Waals surface area contributed by atoms with Crippen molar-refractivity contribution in [2.24, 2.45) is 0 Å². The van der Waals surface area contributed by atoms with E-state index in [4.69, 9.17) is 14.2 Å². The molecule has 7 nitrogen and oxygen atoms in total. The number of aliphatic hydroxyl groups excluding tert-OH is 1. The highest BCUT2D eigenvalue weighted by Crippen LogP contribution is 2.26. The van der Waals surface area contributed by atoms with Crippen LogP contribution < -0.4 is 0 Å². The van der Waals surface area contributed by atoms with Crippen LogP contribution in [-0.4, -0.2) is 37.7 Å². The molecule has 0 fully saturated rings. The van der Waals surface area contributed by atoms with Gasteiger partial charge in [-0.25, -0.2) is 0 Å². The van der Waals surface area contributed by atoms with Crippen molar-refractivity contribution < 1.29 is 31.0 Å². The van der Waals surface area contributed by atoms with Gasteiger partial charge in [0.2, 0.25) is 0 Å². The summed E-state index contributed by atoms with van der Waals surface area (Å²) < 4.78 is 62.7. The smallest absolute Gasteiger partial charge is 0.294 e. The molecule has 0 bridgehead atoms.